The summed E-state index contributed by atoms with van der Waals surface area (Å²) >= 11 is 0. The molecule has 8 heteroatoms. The molecule has 2 rings (SSSR count). The van der Waals surface area contributed by atoms with Gasteiger partial charge in [-0.3, -0.25) is 14.6 Å². The van der Waals surface area contributed by atoms with Crippen LogP contribution in [0.5, 0.6) is 0 Å². The van der Waals surface area contributed by atoms with Gasteiger partial charge in [0.05, 0.1) is 5.41 Å². The number of carbonyl (C=O) groups is 2. The van der Waals surface area contributed by atoms with Crippen LogP contribution in [-0.4, -0.2) is 16.7 Å². The summed E-state index contributed by atoms with van der Waals surface area (Å²) in [5, 5.41) is 2.46. The lowest BCUT2D eigenvalue weighted by atomic mass is 9.64. The van der Waals surface area contributed by atoms with Gasteiger partial charge in [0.2, 0.25) is 5.91 Å². The highest BCUT2D eigenvalue weighted by molar-refractivity contribution is 6.00. The lowest BCUT2D eigenvalue weighted by molar-refractivity contribution is -0.142. The van der Waals surface area contributed by atoms with E-state index in [0.29, 0.717) is 12.0 Å². The van der Waals surface area contributed by atoms with Crippen molar-refractivity contribution in [2.75, 3.05) is 5.32 Å². The second-order valence-corrected chi connectivity index (χ2v) is 8.18. The van der Waals surface area contributed by atoms with E-state index in [4.69, 9.17) is 0 Å². The third kappa shape index (κ3) is 5.23. The molecule has 0 radical (unpaired) electrons. The Morgan fingerprint density at radius 2 is 1.67 bits per heavy atom. The number of carbonyl (C=O) groups excluding carboxylic acids is 2. The molecule has 0 saturated heterocycles. The Morgan fingerprint density at radius 3 is 2.27 bits per heavy atom. The monoisotopic (exact) mass is 424 g/mol. The zero-order chi connectivity index (χ0) is 22.7. The van der Waals surface area contributed by atoms with E-state index in [1.807, 2.05) is 0 Å². The van der Waals surface area contributed by atoms with Crippen molar-refractivity contribution in [3.8, 4) is 0 Å². The lowest BCUT2D eigenvalue weighted by Gasteiger charge is -2.39. The molecule has 1 amide bonds. The maximum Gasteiger partial charge on any atom is 0.433 e. The van der Waals surface area contributed by atoms with Crippen molar-refractivity contribution < 1.29 is 27.2 Å². The van der Waals surface area contributed by atoms with E-state index in [1.54, 1.807) is 39.8 Å². The minimum atomic E-state index is -4.64. The third-order valence-electron chi connectivity index (χ3n) is 5.67. The Balaban J connectivity index is 2.13. The predicted octanol–water partition coefficient (Wildman–Crippen LogP) is 5.43. The topological polar surface area (TPSA) is 59.1 Å². The van der Waals surface area contributed by atoms with Crippen LogP contribution in [-0.2, 0) is 22.2 Å². The molecule has 1 N–H and O–H groups in total. The number of aromatic nitrogens is 1. The van der Waals surface area contributed by atoms with Crippen LogP contribution in [0.2, 0.25) is 0 Å². The van der Waals surface area contributed by atoms with E-state index >= 15 is 0 Å². The first-order chi connectivity index (χ1) is 13.7. The summed E-state index contributed by atoms with van der Waals surface area (Å²) in [6, 6.07) is 7.92. The summed E-state index contributed by atoms with van der Waals surface area (Å²) in [6.45, 7) is 6.37. The molecular weight excluding hydrogens is 400 g/mol. The highest BCUT2D eigenvalue weighted by Crippen LogP contribution is 2.41. The zero-order valence-corrected chi connectivity index (χ0v) is 17.2. The molecule has 0 saturated carbocycles. The van der Waals surface area contributed by atoms with Gasteiger partial charge in [-0.1, -0.05) is 39.8 Å². The standard InChI is InChI=1S/C22H24F4N2O2/c1-20(2,18(29)9-8-14-6-5-7-15(23)12-14)21(3,4)19(30)28-16-10-11-27-17(13-16)22(24,25)26/h5-7,10-13H,8-9H2,1-4H3,(H,27,28,30). The third-order valence-corrected chi connectivity index (χ3v) is 5.67. The van der Waals surface area contributed by atoms with Crippen molar-refractivity contribution in [3.63, 3.8) is 0 Å². The first-order valence-electron chi connectivity index (χ1n) is 9.37. The summed E-state index contributed by atoms with van der Waals surface area (Å²) in [4.78, 5) is 29.0. The fourth-order valence-electron chi connectivity index (χ4n) is 2.85. The molecule has 162 valence electrons. The van der Waals surface area contributed by atoms with E-state index < -0.39 is 34.4 Å². The average Bonchev–Trinajstić information content (AvgIpc) is 2.65. The number of hydrogen-bond donors (Lipinski definition) is 1. The van der Waals surface area contributed by atoms with Crippen molar-refractivity contribution >= 4 is 17.4 Å². The van der Waals surface area contributed by atoms with Crippen molar-refractivity contribution in [1.82, 2.24) is 4.98 Å². The fraction of sp³-hybridized carbons (Fsp3) is 0.409. The summed E-state index contributed by atoms with van der Waals surface area (Å²) in [5.74, 6) is -1.20. The van der Waals surface area contributed by atoms with Crippen LogP contribution in [0.25, 0.3) is 0 Å². The second-order valence-electron chi connectivity index (χ2n) is 8.18. The molecule has 0 atom stereocenters. The Kier molecular flexibility index (Phi) is 6.69. The zero-order valence-electron chi connectivity index (χ0n) is 17.2. The first-order valence-corrected chi connectivity index (χ1v) is 9.37. The molecule has 0 aliphatic heterocycles. The van der Waals surface area contributed by atoms with Gasteiger partial charge in [-0.05, 0) is 36.2 Å². The Hall–Kier alpha value is -2.77. The largest absolute Gasteiger partial charge is 0.433 e. The van der Waals surface area contributed by atoms with Crippen molar-refractivity contribution in [3.05, 3.63) is 59.7 Å². The molecule has 1 aromatic heterocycles. The first kappa shape index (κ1) is 23.5. The molecule has 0 fully saturated rings. The summed E-state index contributed by atoms with van der Waals surface area (Å²) < 4.78 is 51.8. The maximum absolute atomic E-state index is 13.3. The van der Waals surface area contributed by atoms with E-state index in [1.165, 1.54) is 18.2 Å². The van der Waals surface area contributed by atoms with Crippen LogP contribution < -0.4 is 5.32 Å². The van der Waals surface area contributed by atoms with Crippen LogP contribution in [0.15, 0.2) is 42.6 Å². The number of anilines is 1. The van der Waals surface area contributed by atoms with Crippen molar-refractivity contribution in [1.29, 1.82) is 0 Å². The van der Waals surface area contributed by atoms with Gasteiger partial charge in [0.25, 0.3) is 0 Å². The van der Waals surface area contributed by atoms with Gasteiger partial charge in [-0.2, -0.15) is 13.2 Å². The number of ketones is 1. The molecule has 30 heavy (non-hydrogen) atoms. The van der Waals surface area contributed by atoms with Gasteiger partial charge in [0, 0.05) is 23.7 Å². The van der Waals surface area contributed by atoms with Gasteiger partial charge in [-0.25, -0.2) is 4.39 Å². The summed E-state index contributed by atoms with van der Waals surface area (Å²) in [5.41, 5.74) is -2.86. The number of nitrogens with one attached hydrogen (secondary N) is 1. The van der Waals surface area contributed by atoms with Crippen LogP contribution in [0, 0.1) is 16.6 Å². The lowest BCUT2D eigenvalue weighted by Crippen LogP contribution is -2.47. The molecule has 0 aliphatic carbocycles. The SMILES string of the molecule is CC(C)(C(=O)CCc1cccc(F)c1)C(C)(C)C(=O)Nc1ccnc(C(F)(F)F)c1. The number of pyridine rings is 1. The number of rotatable bonds is 7. The minimum absolute atomic E-state index is 0.0570. The molecule has 1 heterocycles. The summed E-state index contributed by atoms with van der Waals surface area (Å²) in [7, 11) is 0. The molecule has 1 aromatic carbocycles. The average molecular weight is 424 g/mol. The Labute approximate surface area is 172 Å². The second kappa shape index (κ2) is 8.53. The predicted molar refractivity (Wildman–Crippen MR) is 105 cm³/mol. The molecule has 2 aromatic rings. The van der Waals surface area contributed by atoms with Crippen molar-refractivity contribution in [2.24, 2.45) is 10.8 Å². The van der Waals surface area contributed by atoms with E-state index in [2.05, 4.69) is 10.3 Å². The molecule has 0 aliphatic rings. The quantitative estimate of drug-likeness (QED) is 0.603. The highest BCUT2D eigenvalue weighted by atomic mass is 19.4. The van der Waals surface area contributed by atoms with Gasteiger partial charge in [0.1, 0.15) is 17.3 Å². The van der Waals surface area contributed by atoms with Crippen molar-refractivity contribution in [2.45, 2.75) is 46.7 Å². The Bertz CT molecular complexity index is 937. The number of Topliss-reactive ketones (excluding diaryl/α,β-unsaturated/α-hetero) is 1. The van der Waals surface area contributed by atoms with Crippen LogP contribution in [0.3, 0.4) is 0 Å². The normalized spacial score (nSPS) is 12.5. The number of hydrogen-bond acceptors (Lipinski definition) is 3. The molecule has 4 nitrogen and oxygen atoms in total. The van der Waals surface area contributed by atoms with Crippen LogP contribution in [0.4, 0.5) is 23.2 Å². The van der Waals surface area contributed by atoms with Crippen LogP contribution in [0.1, 0.15) is 45.4 Å². The minimum Gasteiger partial charge on any atom is -0.325 e. The Morgan fingerprint density at radius 1 is 1.00 bits per heavy atom. The summed E-state index contributed by atoms with van der Waals surface area (Å²) in [6.07, 6.45) is -3.26. The van der Waals surface area contributed by atoms with E-state index in [0.717, 1.165) is 12.3 Å². The molecular formula is C22H24F4N2O2. The fourth-order valence-corrected chi connectivity index (χ4v) is 2.85. The number of halogens is 4. The van der Waals surface area contributed by atoms with Gasteiger partial charge < -0.3 is 5.32 Å². The van der Waals surface area contributed by atoms with Crippen LogP contribution >= 0.6 is 0 Å². The number of aryl methyl sites for hydroxylation is 1. The number of alkyl halides is 3. The van der Waals surface area contributed by atoms with E-state index in [9.17, 15) is 27.2 Å². The highest BCUT2D eigenvalue weighted by Gasteiger charge is 2.47. The van der Waals surface area contributed by atoms with Gasteiger partial charge in [-0.15, -0.1) is 0 Å². The number of amides is 1. The van der Waals surface area contributed by atoms with E-state index in [-0.39, 0.29) is 17.9 Å². The van der Waals surface area contributed by atoms with Gasteiger partial charge in [0.15, 0.2) is 0 Å². The van der Waals surface area contributed by atoms with Gasteiger partial charge >= 0.3 is 6.18 Å². The molecule has 0 bridgehead atoms. The molecule has 0 unspecified atom stereocenters. The smallest absolute Gasteiger partial charge is 0.325 e. The number of nitrogens with zero attached hydrogens (tertiary/aromatic N) is 1. The number of benzene rings is 1. The molecule has 0 spiro atoms. The maximum atomic E-state index is 13.3.